The van der Waals surface area contributed by atoms with E-state index in [9.17, 15) is 4.79 Å². The van der Waals surface area contributed by atoms with Crippen LogP contribution in [0, 0.1) is 0 Å². The number of carbonyl (C=O) groups excluding carboxylic acids is 1. The number of thioether (sulfide) groups is 1. The molecule has 0 saturated carbocycles. The summed E-state index contributed by atoms with van der Waals surface area (Å²) >= 11 is 1.79. The Hall–Kier alpha value is -1.75. The van der Waals surface area contributed by atoms with Crippen molar-refractivity contribution in [3.63, 3.8) is 0 Å². The standard InChI is InChI=1S/C16H21N3OS/c1-11(8-9-21-3)19(2)16(20)14-10-18-15(17)13-7-5-4-6-12(13)14/h4-7,10-11H,8-9H2,1-3H3,(H2,17,18). The van der Waals surface area contributed by atoms with Crippen LogP contribution in [-0.2, 0) is 0 Å². The summed E-state index contributed by atoms with van der Waals surface area (Å²) in [5.74, 6) is 1.49. The molecule has 1 amide bonds. The molecule has 4 nitrogen and oxygen atoms in total. The minimum absolute atomic E-state index is 0.00713. The van der Waals surface area contributed by atoms with Gasteiger partial charge in [0.25, 0.3) is 5.91 Å². The van der Waals surface area contributed by atoms with E-state index in [1.54, 1.807) is 22.9 Å². The Balaban J connectivity index is 2.33. The van der Waals surface area contributed by atoms with Gasteiger partial charge >= 0.3 is 0 Å². The molecule has 0 aliphatic heterocycles. The second-order valence-corrected chi connectivity index (χ2v) is 6.13. The highest BCUT2D eigenvalue weighted by molar-refractivity contribution is 7.98. The van der Waals surface area contributed by atoms with E-state index < -0.39 is 0 Å². The maximum atomic E-state index is 12.7. The van der Waals surface area contributed by atoms with Gasteiger partial charge in [-0.1, -0.05) is 24.3 Å². The van der Waals surface area contributed by atoms with Crippen molar-refractivity contribution in [2.45, 2.75) is 19.4 Å². The van der Waals surface area contributed by atoms with E-state index in [0.717, 1.165) is 22.9 Å². The number of pyridine rings is 1. The van der Waals surface area contributed by atoms with Gasteiger partial charge in [0.15, 0.2) is 0 Å². The number of anilines is 1. The highest BCUT2D eigenvalue weighted by atomic mass is 32.2. The third-order valence-electron chi connectivity index (χ3n) is 3.78. The van der Waals surface area contributed by atoms with Gasteiger partial charge in [-0.05, 0) is 30.7 Å². The lowest BCUT2D eigenvalue weighted by Crippen LogP contribution is -2.35. The molecule has 0 bridgehead atoms. The van der Waals surface area contributed by atoms with Crippen LogP contribution in [0.1, 0.15) is 23.7 Å². The minimum atomic E-state index is -0.00713. The van der Waals surface area contributed by atoms with Crippen LogP contribution >= 0.6 is 11.8 Å². The Labute approximate surface area is 129 Å². The number of amides is 1. The van der Waals surface area contributed by atoms with Crippen LogP contribution in [0.2, 0.25) is 0 Å². The van der Waals surface area contributed by atoms with Crippen LogP contribution in [0.4, 0.5) is 5.82 Å². The molecular weight excluding hydrogens is 282 g/mol. The van der Waals surface area contributed by atoms with Crippen molar-refractivity contribution >= 4 is 34.3 Å². The smallest absolute Gasteiger partial charge is 0.256 e. The van der Waals surface area contributed by atoms with Gasteiger partial charge in [0.05, 0.1) is 5.56 Å². The van der Waals surface area contributed by atoms with Crippen molar-refractivity contribution in [3.05, 3.63) is 36.0 Å². The number of rotatable bonds is 5. The van der Waals surface area contributed by atoms with Crippen molar-refractivity contribution in [1.29, 1.82) is 0 Å². The Kier molecular flexibility index (Phi) is 5.07. The van der Waals surface area contributed by atoms with E-state index in [4.69, 9.17) is 5.73 Å². The van der Waals surface area contributed by atoms with Crippen LogP contribution in [0.25, 0.3) is 10.8 Å². The number of nitrogens with two attached hydrogens (primary N) is 1. The van der Waals surface area contributed by atoms with Gasteiger partial charge in [-0.15, -0.1) is 0 Å². The first kappa shape index (κ1) is 15.6. The lowest BCUT2D eigenvalue weighted by molar-refractivity contribution is 0.0743. The number of nitrogens with zero attached hydrogens (tertiary/aromatic N) is 2. The summed E-state index contributed by atoms with van der Waals surface area (Å²) in [4.78, 5) is 18.7. The van der Waals surface area contributed by atoms with E-state index >= 15 is 0 Å². The van der Waals surface area contributed by atoms with E-state index in [0.29, 0.717) is 11.4 Å². The molecule has 0 radical (unpaired) electrons. The third kappa shape index (κ3) is 3.29. The SMILES string of the molecule is CSCCC(C)N(C)C(=O)c1cnc(N)c2ccccc12. The average molecular weight is 303 g/mol. The second-order valence-electron chi connectivity index (χ2n) is 5.15. The van der Waals surface area contributed by atoms with Crippen molar-refractivity contribution < 1.29 is 4.79 Å². The summed E-state index contributed by atoms with van der Waals surface area (Å²) in [7, 11) is 1.85. The molecule has 0 fully saturated rings. The highest BCUT2D eigenvalue weighted by Crippen LogP contribution is 2.24. The topological polar surface area (TPSA) is 59.2 Å². The van der Waals surface area contributed by atoms with Gasteiger partial charge in [-0.3, -0.25) is 4.79 Å². The average Bonchev–Trinajstić information content (AvgIpc) is 2.52. The summed E-state index contributed by atoms with van der Waals surface area (Å²) in [5.41, 5.74) is 6.50. The maximum Gasteiger partial charge on any atom is 0.256 e. The zero-order valence-corrected chi connectivity index (χ0v) is 13.5. The first-order chi connectivity index (χ1) is 10.1. The first-order valence-corrected chi connectivity index (χ1v) is 8.35. The quantitative estimate of drug-likeness (QED) is 0.922. The second kappa shape index (κ2) is 6.80. The van der Waals surface area contributed by atoms with Gasteiger partial charge in [-0.25, -0.2) is 4.98 Å². The maximum absolute atomic E-state index is 12.7. The summed E-state index contributed by atoms with van der Waals surface area (Å²) in [6, 6.07) is 7.82. The largest absolute Gasteiger partial charge is 0.383 e. The summed E-state index contributed by atoms with van der Waals surface area (Å²) in [6.07, 6.45) is 4.63. The molecule has 2 rings (SSSR count). The predicted molar refractivity (Wildman–Crippen MR) is 90.7 cm³/mol. The number of nitrogen functional groups attached to an aromatic ring is 1. The van der Waals surface area contributed by atoms with Crippen molar-refractivity contribution in [3.8, 4) is 0 Å². The molecule has 0 saturated heterocycles. The number of hydrogen-bond donors (Lipinski definition) is 1. The molecule has 5 heteroatoms. The molecule has 1 aromatic heterocycles. The van der Waals surface area contributed by atoms with Gasteiger partial charge in [0.1, 0.15) is 5.82 Å². The Bertz CT molecular complexity index is 644. The van der Waals surface area contributed by atoms with Crippen molar-refractivity contribution in [1.82, 2.24) is 9.88 Å². The van der Waals surface area contributed by atoms with Crippen molar-refractivity contribution in [2.75, 3.05) is 24.8 Å². The highest BCUT2D eigenvalue weighted by Gasteiger charge is 2.20. The van der Waals surface area contributed by atoms with Crippen LogP contribution in [0.5, 0.6) is 0 Å². The monoisotopic (exact) mass is 303 g/mol. The van der Waals surface area contributed by atoms with Gasteiger partial charge < -0.3 is 10.6 Å². The molecule has 0 aliphatic rings. The zero-order chi connectivity index (χ0) is 15.4. The molecule has 112 valence electrons. The molecule has 1 aromatic carbocycles. The first-order valence-electron chi connectivity index (χ1n) is 6.95. The van der Waals surface area contributed by atoms with Crippen LogP contribution in [0.15, 0.2) is 30.5 Å². The van der Waals surface area contributed by atoms with E-state index in [2.05, 4.69) is 18.2 Å². The van der Waals surface area contributed by atoms with E-state index in [-0.39, 0.29) is 11.9 Å². The predicted octanol–water partition coefficient (Wildman–Crippen LogP) is 3.03. The van der Waals surface area contributed by atoms with Crippen LogP contribution in [0.3, 0.4) is 0 Å². The van der Waals surface area contributed by atoms with Gasteiger partial charge in [0.2, 0.25) is 0 Å². The molecular formula is C16H21N3OS. The van der Waals surface area contributed by atoms with Crippen LogP contribution in [-0.4, -0.2) is 40.9 Å². The lowest BCUT2D eigenvalue weighted by Gasteiger charge is -2.25. The molecule has 1 atom stereocenters. The van der Waals surface area contributed by atoms with Crippen LogP contribution < -0.4 is 5.73 Å². The minimum Gasteiger partial charge on any atom is -0.383 e. The molecule has 1 unspecified atom stereocenters. The number of hydrogen-bond acceptors (Lipinski definition) is 4. The fourth-order valence-corrected chi connectivity index (χ4v) is 2.83. The Morgan fingerprint density at radius 2 is 2.05 bits per heavy atom. The fourth-order valence-electron chi connectivity index (χ4n) is 2.26. The Morgan fingerprint density at radius 1 is 1.38 bits per heavy atom. The molecule has 0 spiro atoms. The van der Waals surface area contributed by atoms with E-state index in [1.165, 1.54) is 0 Å². The number of benzene rings is 1. The molecule has 1 heterocycles. The zero-order valence-electron chi connectivity index (χ0n) is 12.7. The number of fused-ring (bicyclic) bond motifs is 1. The molecule has 2 N–H and O–H groups in total. The van der Waals surface area contributed by atoms with E-state index in [1.807, 2.05) is 31.3 Å². The lowest BCUT2D eigenvalue weighted by atomic mass is 10.1. The fraction of sp³-hybridized carbons (Fsp3) is 0.375. The summed E-state index contributed by atoms with van der Waals surface area (Å²) in [6.45, 7) is 2.07. The number of aromatic nitrogens is 1. The number of carbonyl (C=O) groups is 1. The summed E-state index contributed by atoms with van der Waals surface area (Å²) in [5, 5.41) is 1.69. The molecule has 0 aliphatic carbocycles. The molecule has 2 aromatic rings. The molecule has 21 heavy (non-hydrogen) atoms. The van der Waals surface area contributed by atoms with Gasteiger partial charge in [-0.2, -0.15) is 11.8 Å². The van der Waals surface area contributed by atoms with Crippen molar-refractivity contribution in [2.24, 2.45) is 0 Å². The Morgan fingerprint density at radius 3 is 2.71 bits per heavy atom. The normalized spacial score (nSPS) is 12.3. The summed E-state index contributed by atoms with van der Waals surface area (Å²) < 4.78 is 0. The van der Waals surface area contributed by atoms with Gasteiger partial charge in [0, 0.05) is 24.7 Å². The third-order valence-corrected chi connectivity index (χ3v) is 4.42.